The normalized spacial score (nSPS) is 19.5. The Morgan fingerprint density at radius 2 is 1.93 bits per heavy atom. The van der Waals surface area contributed by atoms with E-state index in [2.05, 4.69) is 26.1 Å². The molecule has 2 aromatic heterocycles. The number of urea groups is 1. The first-order valence-corrected chi connectivity index (χ1v) is 14.4. The number of thiazole rings is 1. The molecule has 1 saturated heterocycles. The third kappa shape index (κ3) is 6.44. The molecule has 232 valence electrons. The fraction of sp³-hybridized carbons (Fsp3) is 0.381. The van der Waals surface area contributed by atoms with Crippen LogP contribution in [0.1, 0.15) is 30.7 Å². The highest BCUT2D eigenvalue weighted by Crippen LogP contribution is 2.36. The summed E-state index contributed by atoms with van der Waals surface area (Å²) in [5.41, 5.74) is 2.04. The van der Waals surface area contributed by atoms with Crippen LogP contribution in [-0.2, 0) is 36.1 Å². The van der Waals surface area contributed by atoms with E-state index in [1.807, 2.05) is 0 Å². The highest BCUT2D eigenvalue weighted by molar-refractivity contribution is 7.84. The molecular weight excluding hydrogens is 620 g/mol. The van der Waals surface area contributed by atoms with E-state index in [9.17, 15) is 52.4 Å². The fourth-order valence-electron chi connectivity index (χ4n) is 4.11. The molecule has 0 bridgehead atoms. The minimum absolute atomic E-state index is 0.0147. The second-order valence-corrected chi connectivity index (χ2v) is 11.5. The van der Waals surface area contributed by atoms with Crippen LogP contribution in [0.25, 0.3) is 0 Å². The number of oxime groups is 1. The van der Waals surface area contributed by atoms with Crippen molar-refractivity contribution >= 4 is 56.3 Å². The molecule has 0 aromatic carbocycles. The van der Waals surface area contributed by atoms with Crippen LogP contribution >= 0.6 is 11.3 Å². The van der Waals surface area contributed by atoms with Crippen molar-refractivity contribution in [1.29, 1.82) is 0 Å². The molecule has 43 heavy (non-hydrogen) atoms. The Labute approximate surface area is 244 Å². The Morgan fingerprint density at radius 1 is 1.23 bits per heavy atom. The number of β-lactam (4-membered cyclic amide) rings is 1. The summed E-state index contributed by atoms with van der Waals surface area (Å²) in [6, 6.07) is -2.47. The number of pyridine rings is 1. The Morgan fingerprint density at radius 3 is 2.49 bits per heavy atom. The van der Waals surface area contributed by atoms with Crippen molar-refractivity contribution in [2.24, 2.45) is 5.16 Å². The molecule has 0 spiro atoms. The molecule has 2 aliphatic rings. The highest BCUT2D eigenvalue weighted by atomic mass is 32.2. The van der Waals surface area contributed by atoms with Crippen molar-refractivity contribution < 1.29 is 52.4 Å². The summed E-state index contributed by atoms with van der Waals surface area (Å²) in [6.07, 6.45) is 0.759. The first kappa shape index (κ1) is 31.0. The molecule has 2 atom stereocenters. The zero-order valence-corrected chi connectivity index (χ0v) is 23.3. The summed E-state index contributed by atoms with van der Waals surface area (Å²) in [6.45, 7) is -1.13. The molecule has 9 N–H and O–H groups in total. The first-order valence-electron chi connectivity index (χ1n) is 12.1. The van der Waals surface area contributed by atoms with Gasteiger partial charge in [0.25, 0.3) is 17.4 Å². The van der Waals surface area contributed by atoms with E-state index in [1.54, 1.807) is 0 Å². The van der Waals surface area contributed by atoms with Crippen LogP contribution in [0.4, 0.5) is 9.93 Å². The van der Waals surface area contributed by atoms with Crippen LogP contribution in [0.2, 0.25) is 0 Å². The van der Waals surface area contributed by atoms with Crippen molar-refractivity contribution in [2.75, 3.05) is 12.3 Å². The smallest absolute Gasteiger partial charge is 0.362 e. The number of aromatic hydroxyl groups is 1. The fourth-order valence-corrected chi connectivity index (χ4v) is 5.53. The van der Waals surface area contributed by atoms with Gasteiger partial charge in [-0.15, -0.1) is 11.3 Å². The number of carbonyl (C=O) groups excluding carboxylic acids is 3. The number of hydrogen-bond acceptors (Lipinski definition) is 14. The number of carboxylic acids is 1. The Hall–Kier alpha value is -4.96. The number of anilines is 1. The summed E-state index contributed by atoms with van der Waals surface area (Å²) in [7, 11) is -5.14. The van der Waals surface area contributed by atoms with E-state index in [0.29, 0.717) is 6.42 Å². The second-order valence-electron chi connectivity index (χ2n) is 9.30. The van der Waals surface area contributed by atoms with Gasteiger partial charge in [-0.25, -0.2) is 18.9 Å². The lowest BCUT2D eigenvalue weighted by molar-refractivity contribution is -0.178. The molecule has 22 heteroatoms. The van der Waals surface area contributed by atoms with E-state index in [1.165, 1.54) is 5.38 Å². The number of nitrogen functional groups attached to an aromatic ring is 1. The van der Waals surface area contributed by atoms with Crippen LogP contribution in [0, 0.1) is 0 Å². The summed E-state index contributed by atoms with van der Waals surface area (Å²) in [4.78, 5) is 70.4. The standard InChI is InChI=1S/C21H24N8O12S2/c22-19-25-11(8-42-19)14(27-41-21(18(34)35)2-1-3-21)16(32)26-15-12(29(17(15)33)43(38,39)40)7-24-20(36)23-6-9-4-10(30)5-13(31)28(9)37/h4-5,8,12,15,30,37H,1-3,6-7H2,(H2,22,25)(H,26,32)(H,34,35)(H2,23,24,36)(H,38,39,40)/t12-,15+/m1/s1. The van der Waals surface area contributed by atoms with Gasteiger partial charge in [0, 0.05) is 36.9 Å². The van der Waals surface area contributed by atoms with E-state index in [-0.39, 0.29) is 38.4 Å². The molecule has 20 nitrogen and oxygen atoms in total. The molecule has 2 fully saturated rings. The van der Waals surface area contributed by atoms with Crippen LogP contribution in [0.15, 0.2) is 27.5 Å². The van der Waals surface area contributed by atoms with Gasteiger partial charge in [0.05, 0.1) is 18.3 Å². The lowest BCUT2D eigenvalue weighted by Crippen LogP contribution is -2.74. The van der Waals surface area contributed by atoms with Gasteiger partial charge in [-0.2, -0.15) is 13.1 Å². The van der Waals surface area contributed by atoms with Gasteiger partial charge < -0.3 is 41.9 Å². The van der Waals surface area contributed by atoms with Crippen LogP contribution in [0.5, 0.6) is 5.75 Å². The van der Waals surface area contributed by atoms with Crippen LogP contribution < -0.4 is 27.2 Å². The number of carboxylic acid groups (broad SMARTS) is 1. The SMILES string of the molecule is Nc1nc(C(=NOC2(C(=O)O)CCC2)C(=O)N[C@@H]2C(=O)N(S(=O)(=O)O)[C@@H]2CNC(=O)NCc2cc(O)cc(=O)n2O)cs1. The first-order chi connectivity index (χ1) is 20.1. The topological polar surface area (TPSA) is 305 Å². The quantitative estimate of drug-likeness (QED) is 0.0414. The molecule has 1 saturated carbocycles. The number of nitrogens with two attached hydrogens (primary N) is 1. The van der Waals surface area contributed by atoms with Gasteiger partial charge in [0.15, 0.2) is 10.8 Å². The van der Waals surface area contributed by atoms with E-state index in [4.69, 9.17) is 10.6 Å². The van der Waals surface area contributed by atoms with Gasteiger partial charge in [-0.3, -0.25) is 18.9 Å². The monoisotopic (exact) mass is 644 g/mol. The zero-order valence-electron chi connectivity index (χ0n) is 21.7. The van der Waals surface area contributed by atoms with Gasteiger partial charge in [0.1, 0.15) is 17.5 Å². The van der Waals surface area contributed by atoms with Gasteiger partial charge >= 0.3 is 22.3 Å². The van der Waals surface area contributed by atoms with Crippen molar-refractivity contribution in [3.63, 3.8) is 0 Å². The molecule has 3 heterocycles. The highest BCUT2D eigenvalue weighted by Gasteiger charge is 2.54. The van der Waals surface area contributed by atoms with Gasteiger partial charge in [-0.05, 0) is 6.42 Å². The predicted molar refractivity (Wildman–Crippen MR) is 142 cm³/mol. The Kier molecular flexibility index (Phi) is 8.45. The molecule has 1 aliphatic carbocycles. The lowest BCUT2D eigenvalue weighted by Gasteiger charge is -2.44. The molecule has 1 aliphatic heterocycles. The maximum atomic E-state index is 13.2. The van der Waals surface area contributed by atoms with E-state index >= 15 is 0 Å². The Balaban J connectivity index is 1.48. The van der Waals surface area contributed by atoms with E-state index < -0.39 is 81.9 Å². The number of amides is 4. The number of nitrogens with zero attached hydrogens (tertiary/aromatic N) is 4. The average molecular weight is 645 g/mol. The molecule has 2 aromatic rings. The van der Waals surface area contributed by atoms with Crippen molar-refractivity contribution in [3.8, 4) is 5.75 Å². The number of aromatic nitrogens is 2. The molecule has 0 radical (unpaired) electrons. The maximum absolute atomic E-state index is 13.2. The Bertz CT molecular complexity index is 1670. The summed E-state index contributed by atoms with van der Waals surface area (Å²) < 4.78 is 33.3. The molecular formula is C21H24N8O12S2. The number of hydrogen-bond donors (Lipinski definition) is 8. The zero-order chi connectivity index (χ0) is 31.7. The minimum Gasteiger partial charge on any atom is -0.508 e. The number of nitrogens with one attached hydrogen (secondary N) is 3. The minimum atomic E-state index is -5.14. The van der Waals surface area contributed by atoms with Crippen LogP contribution in [-0.4, -0.2) is 96.2 Å². The molecule has 4 amide bonds. The second kappa shape index (κ2) is 11.7. The summed E-state index contributed by atoms with van der Waals surface area (Å²) in [5, 5.41) is 40.4. The molecule has 4 rings (SSSR count). The van der Waals surface area contributed by atoms with Crippen molar-refractivity contribution in [3.05, 3.63) is 39.3 Å². The lowest BCUT2D eigenvalue weighted by atomic mass is 9.80. The number of carbonyl (C=O) groups is 4. The molecule has 0 unspecified atom stereocenters. The summed E-state index contributed by atoms with van der Waals surface area (Å²) >= 11 is 0.913. The third-order valence-electron chi connectivity index (χ3n) is 6.52. The van der Waals surface area contributed by atoms with Crippen LogP contribution in [0.3, 0.4) is 0 Å². The summed E-state index contributed by atoms with van der Waals surface area (Å²) in [5.74, 6) is -4.21. The third-order valence-corrected chi connectivity index (χ3v) is 8.14. The maximum Gasteiger partial charge on any atom is 0.362 e. The van der Waals surface area contributed by atoms with Crippen molar-refractivity contribution in [2.45, 2.75) is 43.5 Å². The van der Waals surface area contributed by atoms with Crippen molar-refractivity contribution in [1.82, 2.24) is 30.0 Å². The van der Waals surface area contributed by atoms with E-state index in [0.717, 1.165) is 23.5 Å². The number of aliphatic carboxylic acids is 1. The average Bonchev–Trinajstić information content (AvgIpc) is 3.31. The largest absolute Gasteiger partial charge is 0.508 e. The van der Waals surface area contributed by atoms with Gasteiger partial charge in [0.2, 0.25) is 5.60 Å². The van der Waals surface area contributed by atoms with Gasteiger partial charge in [-0.1, -0.05) is 5.16 Å². The predicted octanol–water partition coefficient (Wildman–Crippen LogP) is -2.44. The number of rotatable bonds is 11.